The molecule has 0 spiro atoms. The summed E-state index contributed by atoms with van der Waals surface area (Å²) in [6.45, 7) is 2.00. The molecule has 3 heteroatoms. The maximum atomic E-state index is 6.06. The van der Waals surface area contributed by atoms with E-state index in [9.17, 15) is 0 Å². The van der Waals surface area contributed by atoms with Crippen LogP contribution in [0.4, 0.5) is 0 Å². The number of hydrogen-bond donors (Lipinski definition) is 1. The van der Waals surface area contributed by atoms with Gasteiger partial charge in [0.25, 0.3) is 0 Å². The van der Waals surface area contributed by atoms with E-state index >= 15 is 0 Å². The molecule has 3 rings (SSSR count). The van der Waals surface area contributed by atoms with Crippen molar-refractivity contribution < 1.29 is 4.74 Å². The summed E-state index contributed by atoms with van der Waals surface area (Å²) in [5, 5.41) is 3.61. The Morgan fingerprint density at radius 3 is 2.83 bits per heavy atom. The molecule has 1 atom stereocenters. The van der Waals surface area contributed by atoms with Crippen LogP contribution in [0, 0.1) is 5.92 Å². The minimum atomic E-state index is 0.463. The van der Waals surface area contributed by atoms with Crippen LogP contribution in [-0.4, -0.2) is 13.2 Å². The molecule has 1 saturated carbocycles. The topological polar surface area (TPSA) is 21.3 Å². The second-order valence-corrected chi connectivity index (χ2v) is 6.27. The Kier molecular flexibility index (Phi) is 3.90. The van der Waals surface area contributed by atoms with Crippen LogP contribution in [0.3, 0.4) is 0 Å². The normalized spacial score (nSPS) is 23.9. The van der Waals surface area contributed by atoms with E-state index in [0.717, 1.165) is 29.3 Å². The second-order valence-electron chi connectivity index (χ2n) is 5.42. The van der Waals surface area contributed by atoms with Crippen molar-refractivity contribution in [2.24, 2.45) is 5.92 Å². The molecule has 1 saturated heterocycles. The number of halogens is 1. The Morgan fingerprint density at radius 1 is 1.22 bits per heavy atom. The van der Waals surface area contributed by atoms with E-state index < -0.39 is 0 Å². The predicted octanol–water partition coefficient (Wildman–Crippen LogP) is 4.05. The van der Waals surface area contributed by atoms with E-state index in [0.29, 0.717) is 6.04 Å². The van der Waals surface area contributed by atoms with E-state index in [1.807, 2.05) is 0 Å². The van der Waals surface area contributed by atoms with Gasteiger partial charge in [-0.15, -0.1) is 0 Å². The standard InChI is InChI=1S/C15H20BrNO/c16-13-5-3-4-12(14-6-1-2-9-17-14)15(13)18-10-11-7-8-11/h3-5,11,14,17H,1-2,6-10H2. The Labute approximate surface area is 117 Å². The lowest BCUT2D eigenvalue weighted by atomic mass is 9.97. The number of nitrogens with one attached hydrogen (secondary N) is 1. The SMILES string of the molecule is Brc1cccc(C2CCCCN2)c1OCC1CC1. The minimum Gasteiger partial charge on any atom is -0.492 e. The zero-order valence-electron chi connectivity index (χ0n) is 10.6. The van der Waals surface area contributed by atoms with Gasteiger partial charge in [0, 0.05) is 11.6 Å². The van der Waals surface area contributed by atoms with Crippen molar-refractivity contribution >= 4 is 15.9 Å². The van der Waals surface area contributed by atoms with Crippen molar-refractivity contribution in [3.05, 3.63) is 28.2 Å². The first kappa shape index (κ1) is 12.5. The van der Waals surface area contributed by atoms with Crippen LogP contribution >= 0.6 is 15.9 Å². The fraction of sp³-hybridized carbons (Fsp3) is 0.600. The third-order valence-corrected chi connectivity index (χ3v) is 4.47. The Bertz CT molecular complexity index is 411. The molecule has 0 aromatic heterocycles. The van der Waals surface area contributed by atoms with Crippen molar-refractivity contribution in [3.8, 4) is 5.75 Å². The molecule has 1 heterocycles. The zero-order valence-corrected chi connectivity index (χ0v) is 12.2. The predicted molar refractivity (Wildman–Crippen MR) is 77.0 cm³/mol. The Morgan fingerprint density at radius 2 is 2.11 bits per heavy atom. The molecule has 1 N–H and O–H groups in total. The van der Waals surface area contributed by atoms with Crippen LogP contribution in [0.15, 0.2) is 22.7 Å². The van der Waals surface area contributed by atoms with Gasteiger partial charge in [-0.2, -0.15) is 0 Å². The van der Waals surface area contributed by atoms with Crippen LogP contribution in [0.5, 0.6) is 5.75 Å². The highest BCUT2D eigenvalue weighted by Gasteiger charge is 2.24. The molecule has 2 aliphatic rings. The Balaban J connectivity index is 1.79. The van der Waals surface area contributed by atoms with Gasteiger partial charge in [0.2, 0.25) is 0 Å². The zero-order chi connectivity index (χ0) is 12.4. The molecule has 98 valence electrons. The molecular weight excluding hydrogens is 290 g/mol. The largest absolute Gasteiger partial charge is 0.492 e. The van der Waals surface area contributed by atoms with Crippen molar-refractivity contribution in [1.29, 1.82) is 0 Å². The van der Waals surface area contributed by atoms with Crippen molar-refractivity contribution in [1.82, 2.24) is 5.32 Å². The van der Waals surface area contributed by atoms with Crippen molar-refractivity contribution in [2.75, 3.05) is 13.2 Å². The number of para-hydroxylation sites is 1. The van der Waals surface area contributed by atoms with Crippen molar-refractivity contribution in [2.45, 2.75) is 38.1 Å². The third-order valence-electron chi connectivity index (χ3n) is 3.84. The minimum absolute atomic E-state index is 0.463. The van der Waals surface area contributed by atoms with Gasteiger partial charge in [-0.05, 0) is 60.1 Å². The van der Waals surface area contributed by atoms with Gasteiger partial charge in [-0.3, -0.25) is 0 Å². The lowest BCUT2D eigenvalue weighted by Gasteiger charge is -2.26. The molecule has 1 aromatic rings. The highest BCUT2D eigenvalue weighted by Crippen LogP contribution is 2.38. The van der Waals surface area contributed by atoms with E-state index in [-0.39, 0.29) is 0 Å². The first-order valence-corrected chi connectivity index (χ1v) is 7.78. The summed E-state index contributed by atoms with van der Waals surface area (Å²) < 4.78 is 7.15. The van der Waals surface area contributed by atoms with Gasteiger partial charge < -0.3 is 10.1 Å². The molecule has 18 heavy (non-hydrogen) atoms. The number of ether oxygens (including phenoxy) is 1. The van der Waals surface area contributed by atoms with Gasteiger partial charge in [0.1, 0.15) is 5.75 Å². The molecule has 0 bridgehead atoms. The highest BCUT2D eigenvalue weighted by atomic mass is 79.9. The molecule has 1 aliphatic carbocycles. The maximum absolute atomic E-state index is 6.06. The molecule has 1 unspecified atom stereocenters. The average molecular weight is 310 g/mol. The van der Waals surface area contributed by atoms with Crippen LogP contribution in [0.2, 0.25) is 0 Å². The first-order valence-electron chi connectivity index (χ1n) is 6.99. The number of rotatable bonds is 4. The summed E-state index contributed by atoms with van der Waals surface area (Å²) in [7, 11) is 0. The quantitative estimate of drug-likeness (QED) is 0.906. The summed E-state index contributed by atoms with van der Waals surface area (Å²) in [5.74, 6) is 1.85. The lowest BCUT2D eigenvalue weighted by Crippen LogP contribution is -2.27. The van der Waals surface area contributed by atoms with Gasteiger partial charge in [-0.1, -0.05) is 18.6 Å². The fourth-order valence-corrected chi connectivity index (χ4v) is 3.05. The van der Waals surface area contributed by atoms with Gasteiger partial charge in [0.05, 0.1) is 11.1 Å². The van der Waals surface area contributed by atoms with E-state index in [1.165, 1.54) is 37.7 Å². The number of piperidine rings is 1. The summed E-state index contributed by atoms with van der Waals surface area (Å²) in [4.78, 5) is 0. The first-order chi connectivity index (χ1) is 8.84. The summed E-state index contributed by atoms with van der Waals surface area (Å²) >= 11 is 3.63. The molecule has 0 amide bonds. The molecule has 1 aromatic carbocycles. The van der Waals surface area contributed by atoms with Crippen LogP contribution < -0.4 is 10.1 Å². The lowest BCUT2D eigenvalue weighted by molar-refractivity contribution is 0.287. The van der Waals surface area contributed by atoms with E-state index in [4.69, 9.17) is 4.74 Å². The van der Waals surface area contributed by atoms with Crippen LogP contribution in [0.25, 0.3) is 0 Å². The van der Waals surface area contributed by atoms with Gasteiger partial charge in [-0.25, -0.2) is 0 Å². The molecule has 0 radical (unpaired) electrons. The van der Waals surface area contributed by atoms with Gasteiger partial charge >= 0.3 is 0 Å². The summed E-state index contributed by atoms with van der Waals surface area (Å²) in [6, 6.07) is 6.86. The molecule has 2 fully saturated rings. The fourth-order valence-electron chi connectivity index (χ4n) is 2.56. The smallest absolute Gasteiger partial charge is 0.138 e. The van der Waals surface area contributed by atoms with E-state index in [2.05, 4.69) is 39.4 Å². The van der Waals surface area contributed by atoms with Crippen LogP contribution in [-0.2, 0) is 0 Å². The second kappa shape index (κ2) is 5.62. The maximum Gasteiger partial charge on any atom is 0.138 e. The number of benzene rings is 1. The van der Waals surface area contributed by atoms with Crippen molar-refractivity contribution in [3.63, 3.8) is 0 Å². The number of hydrogen-bond acceptors (Lipinski definition) is 2. The monoisotopic (exact) mass is 309 g/mol. The average Bonchev–Trinajstić information content (AvgIpc) is 3.22. The summed E-state index contributed by atoms with van der Waals surface area (Å²) in [5.41, 5.74) is 1.32. The highest BCUT2D eigenvalue weighted by molar-refractivity contribution is 9.10. The molecule has 1 aliphatic heterocycles. The summed E-state index contributed by atoms with van der Waals surface area (Å²) in [6.07, 6.45) is 6.49. The molecule has 2 nitrogen and oxygen atoms in total. The van der Waals surface area contributed by atoms with Gasteiger partial charge in [0.15, 0.2) is 0 Å². The van der Waals surface area contributed by atoms with Crippen LogP contribution in [0.1, 0.15) is 43.7 Å². The van der Waals surface area contributed by atoms with E-state index in [1.54, 1.807) is 0 Å². The molecular formula is C15H20BrNO. The Hall–Kier alpha value is -0.540. The third kappa shape index (κ3) is 2.89.